The molecular weight excluding hydrogens is 298 g/mol. The quantitative estimate of drug-likeness (QED) is 0.859. The maximum Gasteiger partial charge on any atom is 0.236 e. The molecule has 1 amide bonds. The number of anilines is 1. The minimum Gasteiger partial charge on any atom is -0.310 e. The van der Waals surface area contributed by atoms with Gasteiger partial charge in [0.1, 0.15) is 12.1 Å². The van der Waals surface area contributed by atoms with E-state index in [1.165, 1.54) is 18.0 Å². The lowest BCUT2D eigenvalue weighted by Gasteiger charge is -2.05. The summed E-state index contributed by atoms with van der Waals surface area (Å²) in [5.74, 6) is 0.634. The van der Waals surface area contributed by atoms with E-state index in [9.17, 15) is 4.79 Å². The average molecular weight is 310 g/mol. The first kappa shape index (κ1) is 13.4. The molecule has 20 heavy (non-hydrogen) atoms. The Bertz CT molecular complexity index is 611. The molecule has 0 aliphatic heterocycles. The number of hydrogen-bond donors (Lipinski definition) is 1. The number of carbonyl (C=O) groups is 1. The molecular formula is C12H12ClN5OS. The molecule has 0 spiro atoms. The molecule has 0 atom stereocenters. The monoisotopic (exact) mass is 309 g/mol. The van der Waals surface area contributed by atoms with Gasteiger partial charge in [-0.05, 0) is 25.0 Å². The minimum absolute atomic E-state index is 0.129. The zero-order chi connectivity index (χ0) is 13.9. The molecule has 6 nitrogen and oxygen atoms in total. The Hall–Kier alpha value is -1.60. The molecule has 0 unspecified atom stereocenters. The van der Waals surface area contributed by atoms with Crippen LogP contribution in [0, 0.1) is 0 Å². The predicted molar refractivity (Wildman–Crippen MR) is 76.9 cm³/mol. The number of carbonyl (C=O) groups excluding carboxylic acids is 1. The van der Waals surface area contributed by atoms with Crippen LogP contribution in [0.3, 0.4) is 0 Å². The molecule has 1 fully saturated rings. The molecule has 1 saturated carbocycles. The largest absolute Gasteiger partial charge is 0.310 e. The van der Waals surface area contributed by atoms with Crippen molar-refractivity contribution >= 4 is 35.1 Å². The third-order valence-electron chi connectivity index (χ3n) is 2.81. The fraction of sp³-hybridized carbons (Fsp3) is 0.333. The summed E-state index contributed by atoms with van der Waals surface area (Å²) < 4.78 is 2.03. The maximum absolute atomic E-state index is 11.8. The van der Waals surface area contributed by atoms with Crippen LogP contribution >= 0.6 is 23.4 Å². The van der Waals surface area contributed by atoms with E-state index in [0.29, 0.717) is 16.9 Å². The van der Waals surface area contributed by atoms with Gasteiger partial charge in [0.05, 0.1) is 10.8 Å². The Morgan fingerprint density at radius 1 is 1.50 bits per heavy atom. The standard InChI is InChI=1S/C12H12ClN5OS/c13-8-1-4-10(14-5-8)16-11(19)6-20-12-17-15-7-18(12)9-2-3-9/h1,4-5,7,9H,2-3,6H2,(H,14,16,19). The van der Waals surface area contributed by atoms with Crippen LogP contribution in [0.15, 0.2) is 29.8 Å². The van der Waals surface area contributed by atoms with Crippen LogP contribution < -0.4 is 5.32 Å². The second kappa shape index (κ2) is 5.80. The van der Waals surface area contributed by atoms with Crippen molar-refractivity contribution in [1.82, 2.24) is 19.7 Å². The molecule has 1 aliphatic rings. The SMILES string of the molecule is O=C(CSc1nncn1C1CC1)Nc1ccc(Cl)cn1. The molecule has 0 saturated heterocycles. The van der Waals surface area contributed by atoms with E-state index in [4.69, 9.17) is 11.6 Å². The lowest BCUT2D eigenvalue weighted by molar-refractivity contribution is -0.113. The summed E-state index contributed by atoms with van der Waals surface area (Å²) >= 11 is 7.11. The number of rotatable bonds is 5. The van der Waals surface area contributed by atoms with Crippen LogP contribution in [0.4, 0.5) is 5.82 Å². The number of nitrogens with one attached hydrogen (secondary N) is 1. The molecule has 104 valence electrons. The van der Waals surface area contributed by atoms with Gasteiger partial charge < -0.3 is 9.88 Å². The highest BCUT2D eigenvalue weighted by Gasteiger charge is 2.26. The smallest absolute Gasteiger partial charge is 0.236 e. The Morgan fingerprint density at radius 2 is 2.35 bits per heavy atom. The van der Waals surface area contributed by atoms with Gasteiger partial charge in [0.25, 0.3) is 0 Å². The van der Waals surface area contributed by atoms with E-state index in [2.05, 4.69) is 20.5 Å². The second-order valence-electron chi connectivity index (χ2n) is 4.45. The predicted octanol–water partition coefficient (Wildman–Crippen LogP) is 2.39. The van der Waals surface area contributed by atoms with E-state index < -0.39 is 0 Å². The van der Waals surface area contributed by atoms with Gasteiger partial charge in [-0.1, -0.05) is 23.4 Å². The van der Waals surface area contributed by atoms with Crippen molar-refractivity contribution in [3.63, 3.8) is 0 Å². The molecule has 2 heterocycles. The third kappa shape index (κ3) is 3.29. The Labute approximate surface area is 124 Å². The van der Waals surface area contributed by atoms with Crippen molar-refractivity contribution < 1.29 is 4.79 Å². The number of hydrogen-bond acceptors (Lipinski definition) is 5. The van der Waals surface area contributed by atoms with Crippen LogP contribution in [-0.4, -0.2) is 31.4 Å². The van der Waals surface area contributed by atoms with E-state index in [0.717, 1.165) is 18.0 Å². The summed E-state index contributed by atoms with van der Waals surface area (Å²) in [7, 11) is 0. The lowest BCUT2D eigenvalue weighted by atomic mass is 10.4. The van der Waals surface area contributed by atoms with Crippen LogP contribution in [0.5, 0.6) is 0 Å². The number of thioether (sulfide) groups is 1. The number of halogens is 1. The molecule has 2 aromatic heterocycles. The average Bonchev–Trinajstić information content (AvgIpc) is 3.18. The Morgan fingerprint density at radius 3 is 3.05 bits per heavy atom. The maximum atomic E-state index is 11.8. The molecule has 1 aliphatic carbocycles. The van der Waals surface area contributed by atoms with Gasteiger partial charge in [-0.3, -0.25) is 4.79 Å². The van der Waals surface area contributed by atoms with Gasteiger partial charge in [-0.2, -0.15) is 0 Å². The van der Waals surface area contributed by atoms with Gasteiger partial charge >= 0.3 is 0 Å². The first-order valence-corrected chi connectivity index (χ1v) is 7.52. The number of amides is 1. The number of aromatic nitrogens is 4. The highest BCUT2D eigenvalue weighted by molar-refractivity contribution is 7.99. The molecule has 3 rings (SSSR count). The van der Waals surface area contributed by atoms with Crippen LogP contribution in [0.25, 0.3) is 0 Å². The first-order chi connectivity index (χ1) is 9.72. The first-order valence-electron chi connectivity index (χ1n) is 6.16. The van der Waals surface area contributed by atoms with Crippen LogP contribution in [-0.2, 0) is 4.79 Å². The zero-order valence-electron chi connectivity index (χ0n) is 10.5. The van der Waals surface area contributed by atoms with Crippen molar-refractivity contribution in [3.8, 4) is 0 Å². The summed E-state index contributed by atoms with van der Waals surface area (Å²) in [6, 6.07) is 3.85. The number of pyridine rings is 1. The molecule has 2 aromatic rings. The third-order valence-corrected chi connectivity index (χ3v) is 3.99. The molecule has 0 bridgehead atoms. The highest BCUT2D eigenvalue weighted by atomic mass is 35.5. The van der Waals surface area contributed by atoms with Crippen molar-refractivity contribution in [2.45, 2.75) is 24.0 Å². The zero-order valence-corrected chi connectivity index (χ0v) is 12.1. The summed E-state index contributed by atoms with van der Waals surface area (Å²) in [6.45, 7) is 0. The topological polar surface area (TPSA) is 72.7 Å². The van der Waals surface area contributed by atoms with Crippen molar-refractivity contribution in [2.75, 3.05) is 11.1 Å². The second-order valence-corrected chi connectivity index (χ2v) is 5.83. The van der Waals surface area contributed by atoms with Crippen LogP contribution in [0.1, 0.15) is 18.9 Å². The van der Waals surface area contributed by atoms with Crippen LogP contribution in [0.2, 0.25) is 5.02 Å². The summed E-state index contributed by atoms with van der Waals surface area (Å²) in [6.07, 6.45) is 5.53. The minimum atomic E-state index is -0.129. The Kier molecular flexibility index (Phi) is 3.88. The van der Waals surface area contributed by atoms with Gasteiger partial charge in [-0.15, -0.1) is 10.2 Å². The van der Waals surface area contributed by atoms with Gasteiger partial charge in [0.2, 0.25) is 5.91 Å². The van der Waals surface area contributed by atoms with E-state index in [1.807, 2.05) is 4.57 Å². The van der Waals surface area contributed by atoms with Gasteiger partial charge in [0.15, 0.2) is 5.16 Å². The molecule has 0 aromatic carbocycles. The van der Waals surface area contributed by atoms with Crippen molar-refractivity contribution in [2.24, 2.45) is 0 Å². The fourth-order valence-electron chi connectivity index (χ4n) is 1.70. The van der Waals surface area contributed by atoms with E-state index >= 15 is 0 Å². The van der Waals surface area contributed by atoms with Gasteiger partial charge in [0, 0.05) is 12.2 Å². The molecule has 1 N–H and O–H groups in total. The molecule has 8 heteroatoms. The summed E-state index contributed by atoms with van der Waals surface area (Å²) in [5, 5.41) is 11.9. The normalized spacial score (nSPS) is 14.2. The van der Waals surface area contributed by atoms with E-state index in [1.54, 1.807) is 18.5 Å². The molecule has 0 radical (unpaired) electrons. The summed E-state index contributed by atoms with van der Waals surface area (Å²) in [5.41, 5.74) is 0. The van der Waals surface area contributed by atoms with E-state index in [-0.39, 0.29) is 11.7 Å². The lowest BCUT2D eigenvalue weighted by Crippen LogP contribution is -2.15. The highest BCUT2D eigenvalue weighted by Crippen LogP contribution is 2.37. The van der Waals surface area contributed by atoms with Gasteiger partial charge in [-0.25, -0.2) is 4.98 Å². The van der Waals surface area contributed by atoms with Crippen molar-refractivity contribution in [3.05, 3.63) is 29.7 Å². The Balaban J connectivity index is 1.54. The summed E-state index contributed by atoms with van der Waals surface area (Å²) in [4.78, 5) is 15.8. The van der Waals surface area contributed by atoms with Crippen molar-refractivity contribution in [1.29, 1.82) is 0 Å². The number of nitrogens with zero attached hydrogens (tertiary/aromatic N) is 4. The fourth-order valence-corrected chi connectivity index (χ4v) is 2.59.